The molecule has 0 saturated heterocycles. The molecule has 2 aromatic heterocycles. The lowest BCUT2D eigenvalue weighted by molar-refractivity contribution is 0.424. The maximum Gasteiger partial charge on any atom is 0.153 e. The Hall–Kier alpha value is -2.44. The van der Waals surface area contributed by atoms with Crippen molar-refractivity contribution in [3.63, 3.8) is 0 Å². The van der Waals surface area contributed by atoms with Crippen LogP contribution >= 0.6 is 0 Å². The van der Waals surface area contributed by atoms with E-state index in [0.29, 0.717) is 11.7 Å². The number of nitrogens with zero attached hydrogens (tertiary/aromatic N) is 5. The Kier molecular flexibility index (Phi) is 4.04. The molecule has 1 atom stereocenters. The van der Waals surface area contributed by atoms with Crippen molar-refractivity contribution in [2.75, 3.05) is 19.3 Å². The smallest absolute Gasteiger partial charge is 0.153 e. The standard InChI is InChI=1S/C15H21N7/c1-3-10(15-17-6-7-18-15)8-22(2)12-5-4-11-13(21-12)14(16)20-9-19-11/h6-7,9-10H,3-5,8H2,1-2H3,(H,17,18)(H2,16,19,20). The van der Waals surface area contributed by atoms with E-state index in [1.807, 2.05) is 6.20 Å². The second-order valence-electron chi connectivity index (χ2n) is 5.54. The lowest BCUT2D eigenvalue weighted by Gasteiger charge is -2.27. The van der Waals surface area contributed by atoms with Gasteiger partial charge >= 0.3 is 0 Å². The third kappa shape index (κ3) is 2.79. The molecule has 0 fully saturated rings. The number of amidine groups is 1. The van der Waals surface area contributed by atoms with E-state index in [4.69, 9.17) is 5.73 Å². The van der Waals surface area contributed by atoms with E-state index >= 15 is 0 Å². The molecule has 0 radical (unpaired) electrons. The van der Waals surface area contributed by atoms with Crippen LogP contribution in [0.2, 0.25) is 0 Å². The van der Waals surface area contributed by atoms with E-state index in [1.165, 1.54) is 6.33 Å². The fourth-order valence-corrected chi connectivity index (χ4v) is 2.77. The Bertz CT molecular complexity index is 663. The summed E-state index contributed by atoms with van der Waals surface area (Å²) in [5.74, 6) is 2.86. The average Bonchev–Trinajstić information content (AvgIpc) is 3.06. The molecular weight excluding hydrogens is 278 g/mol. The number of aromatic nitrogens is 4. The van der Waals surface area contributed by atoms with Gasteiger partial charge in [-0.05, 0) is 12.8 Å². The third-order valence-electron chi connectivity index (χ3n) is 4.09. The molecule has 0 amide bonds. The van der Waals surface area contributed by atoms with Gasteiger partial charge in [0.1, 0.15) is 23.7 Å². The lowest BCUT2D eigenvalue weighted by Crippen LogP contribution is -2.32. The summed E-state index contributed by atoms with van der Waals surface area (Å²) in [5, 5.41) is 0. The van der Waals surface area contributed by atoms with Crippen LogP contribution in [0.4, 0.5) is 11.5 Å². The summed E-state index contributed by atoms with van der Waals surface area (Å²) in [5.41, 5.74) is 7.57. The van der Waals surface area contributed by atoms with Crippen molar-refractivity contribution in [3.8, 4) is 0 Å². The number of nitrogens with one attached hydrogen (secondary N) is 1. The summed E-state index contributed by atoms with van der Waals surface area (Å²) in [6.07, 6.45) is 7.90. The molecule has 3 rings (SSSR count). The molecule has 1 aliphatic heterocycles. The summed E-state index contributed by atoms with van der Waals surface area (Å²) in [4.78, 5) is 22.7. The number of likely N-dealkylation sites (N-methyl/N-ethyl adjacent to an activating group) is 1. The highest BCUT2D eigenvalue weighted by molar-refractivity contribution is 5.88. The molecule has 0 saturated carbocycles. The molecule has 116 valence electrons. The maximum atomic E-state index is 5.92. The Morgan fingerprint density at radius 2 is 2.18 bits per heavy atom. The van der Waals surface area contributed by atoms with Crippen LogP contribution in [-0.4, -0.2) is 44.3 Å². The van der Waals surface area contributed by atoms with Crippen LogP contribution in [0.3, 0.4) is 0 Å². The molecule has 0 spiro atoms. The van der Waals surface area contributed by atoms with Crippen LogP contribution in [0.1, 0.15) is 37.2 Å². The average molecular weight is 299 g/mol. The van der Waals surface area contributed by atoms with Gasteiger partial charge in [0.2, 0.25) is 0 Å². The number of nitrogens with two attached hydrogens (primary N) is 1. The van der Waals surface area contributed by atoms with E-state index in [1.54, 1.807) is 6.20 Å². The number of aliphatic imine (C=N–C) groups is 1. The van der Waals surface area contributed by atoms with Gasteiger partial charge in [-0.15, -0.1) is 0 Å². The van der Waals surface area contributed by atoms with Crippen LogP contribution in [0.5, 0.6) is 0 Å². The van der Waals surface area contributed by atoms with Crippen LogP contribution in [-0.2, 0) is 6.42 Å². The van der Waals surface area contributed by atoms with Gasteiger partial charge in [0.25, 0.3) is 0 Å². The Morgan fingerprint density at radius 3 is 2.91 bits per heavy atom. The normalized spacial score (nSPS) is 15.1. The first-order chi connectivity index (χ1) is 10.7. The van der Waals surface area contributed by atoms with Gasteiger partial charge in [0.05, 0.1) is 5.69 Å². The number of anilines is 1. The number of aromatic amines is 1. The first kappa shape index (κ1) is 14.5. The molecule has 2 aromatic rings. The fourth-order valence-electron chi connectivity index (χ4n) is 2.77. The zero-order valence-corrected chi connectivity index (χ0v) is 13.0. The van der Waals surface area contributed by atoms with E-state index < -0.39 is 0 Å². The zero-order valence-electron chi connectivity index (χ0n) is 13.0. The van der Waals surface area contributed by atoms with E-state index in [0.717, 1.165) is 48.8 Å². The molecule has 3 heterocycles. The zero-order chi connectivity index (χ0) is 15.5. The number of hydrogen-bond acceptors (Lipinski definition) is 6. The van der Waals surface area contributed by atoms with Crippen molar-refractivity contribution >= 4 is 17.3 Å². The van der Waals surface area contributed by atoms with Crippen molar-refractivity contribution in [1.29, 1.82) is 0 Å². The van der Waals surface area contributed by atoms with Crippen LogP contribution < -0.4 is 5.73 Å². The highest BCUT2D eigenvalue weighted by atomic mass is 15.2. The fraction of sp³-hybridized carbons (Fsp3) is 0.467. The summed E-state index contributed by atoms with van der Waals surface area (Å²) >= 11 is 0. The number of fused-ring (bicyclic) bond motifs is 1. The van der Waals surface area contributed by atoms with Crippen molar-refractivity contribution in [1.82, 2.24) is 24.8 Å². The molecule has 22 heavy (non-hydrogen) atoms. The van der Waals surface area contributed by atoms with Gasteiger partial charge in [-0.3, -0.25) is 0 Å². The van der Waals surface area contributed by atoms with Crippen molar-refractivity contribution in [2.24, 2.45) is 4.99 Å². The van der Waals surface area contributed by atoms with E-state index in [-0.39, 0.29) is 0 Å². The summed E-state index contributed by atoms with van der Waals surface area (Å²) in [6, 6.07) is 0. The third-order valence-corrected chi connectivity index (χ3v) is 4.09. The number of imidazole rings is 1. The predicted octanol–water partition coefficient (Wildman–Crippen LogP) is 1.88. The molecule has 0 bridgehead atoms. The monoisotopic (exact) mass is 299 g/mol. The summed E-state index contributed by atoms with van der Waals surface area (Å²) in [7, 11) is 2.06. The number of nitrogen functional groups attached to an aromatic ring is 1. The topological polar surface area (TPSA) is 96.1 Å². The first-order valence-electron chi connectivity index (χ1n) is 7.56. The molecule has 0 aliphatic carbocycles. The number of H-pyrrole nitrogens is 1. The molecule has 7 heteroatoms. The minimum Gasteiger partial charge on any atom is -0.382 e. The second-order valence-corrected chi connectivity index (χ2v) is 5.54. The first-order valence-corrected chi connectivity index (χ1v) is 7.56. The van der Waals surface area contributed by atoms with Gasteiger partial charge in [-0.1, -0.05) is 6.92 Å². The SMILES string of the molecule is CCC(CN(C)C1=Nc2c(N)ncnc2CC1)c1ncc[nH]1. The van der Waals surface area contributed by atoms with Crippen molar-refractivity contribution < 1.29 is 0 Å². The Balaban J connectivity index is 1.78. The van der Waals surface area contributed by atoms with E-state index in [2.05, 4.69) is 43.8 Å². The summed E-state index contributed by atoms with van der Waals surface area (Å²) in [6.45, 7) is 3.04. The molecule has 1 unspecified atom stereocenters. The largest absolute Gasteiger partial charge is 0.382 e. The molecule has 3 N–H and O–H groups in total. The Labute approximate surface area is 129 Å². The second kappa shape index (κ2) is 6.13. The Morgan fingerprint density at radius 1 is 1.32 bits per heavy atom. The molecule has 1 aliphatic rings. The molecular formula is C15H21N7. The predicted molar refractivity (Wildman–Crippen MR) is 86.1 cm³/mol. The molecule has 7 nitrogen and oxygen atoms in total. The van der Waals surface area contributed by atoms with E-state index in [9.17, 15) is 0 Å². The highest BCUT2D eigenvalue weighted by Gasteiger charge is 2.21. The van der Waals surface area contributed by atoms with Crippen LogP contribution in [0.15, 0.2) is 23.7 Å². The highest BCUT2D eigenvalue weighted by Crippen LogP contribution is 2.29. The van der Waals surface area contributed by atoms with Gasteiger partial charge in [0, 0.05) is 38.3 Å². The number of aryl methyl sites for hydroxylation is 1. The van der Waals surface area contributed by atoms with Crippen molar-refractivity contribution in [3.05, 3.63) is 30.2 Å². The van der Waals surface area contributed by atoms with Gasteiger partial charge in [-0.25, -0.2) is 19.9 Å². The van der Waals surface area contributed by atoms with Gasteiger partial charge in [-0.2, -0.15) is 0 Å². The van der Waals surface area contributed by atoms with Crippen LogP contribution in [0, 0.1) is 0 Å². The lowest BCUT2D eigenvalue weighted by atomic mass is 10.0. The van der Waals surface area contributed by atoms with Crippen molar-refractivity contribution in [2.45, 2.75) is 32.1 Å². The number of rotatable bonds is 4. The van der Waals surface area contributed by atoms with Gasteiger partial charge in [0.15, 0.2) is 5.82 Å². The minimum absolute atomic E-state index is 0.355. The van der Waals surface area contributed by atoms with Gasteiger partial charge < -0.3 is 15.6 Å². The summed E-state index contributed by atoms with van der Waals surface area (Å²) < 4.78 is 0. The minimum atomic E-state index is 0.355. The number of hydrogen-bond donors (Lipinski definition) is 2. The van der Waals surface area contributed by atoms with Crippen LogP contribution in [0.25, 0.3) is 0 Å². The maximum absolute atomic E-state index is 5.92. The quantitative estimate of drug-likeness (QED) is 0.898. The molecule has 0 aromatic carbocycles.